The Hall–Kier alpha value is -3.03. The largest absolute Gasteiger partial charge is 0.490 e. The van der Waals surface area contributed by atoms with Gasteiger partial charge in [0.05, 0.1) is 17.0 Å². The van der Waals surface area contributed by atoms with Gasteiger partial charge in [-0.15, -0.1) is 0 Å². The molecule has 4 rings (SSSR count). The van der Waals surface area contributed by atoms with Crippen molar-refractivity contribution < 1.29 is 40.7 Å². The summed E-state index contributed by atoms with van der Waals surface area (Å²) in [5.74, 6) is -3.34. The number of carbonyl (C=O) groups is 2. The molecule has 0 aliphatic carbocycles. The predicted octanol–water partition coefficient (Wildman–Crippen LogP) is 2.57. The highest BCUT2D eigenvalue weighted by Crippen LogP contribution is 2.35. The molecule has 13 heteroatoms. The number of hydrogen-bond donors (Lipinski definition) is 1. The highest BCUT2D eigenvalue weighted by molar-refractivity contribution is 7.89. The summed E-state index contributed by atoms with van der Waals surface area (Å²) in [7, 11) is -1.93. The molecular weight excluding hydrogens is 494 g/mol. The molecule has 2 aromatic carbocycles. The van der Waals surface area contributed by atoms with E-state index in [-0.39, 0.29) is 23.9 Å². The fourth-order valence-electron chi connectivity index (χ4n) is 4.04. The zero-order chi connectivity index (χ0) is 26.0. The third kappa shape index (κ3) is 5.80. The van der Waals surface area contributed by atoms with Crippen LogP contribution in [0, 0.1) is 5.82 Å². The van der Waals surface area contributed by atoms with Crippen molar-refractivity contribution in [3.05, 3.63) is 60.4 Å². The number of aliphatic carboxylic acids is 1. The van der Waals surface area contributed by atoms with Gasteiger partial charge in [-0.25, -0.2) is 17.6 Å². The number of para-hydroxylation sites is 1. The number of rotatable bonds is 3. The van der Waals surface area contributed by atoms with Crippen LogP contribution in [0.1, 0.15) is 6.42 Å². The molecule has 190 valence electrons. The Balaban J connectivity index is 0.000000429. The second-order valence-electron chi connectivity index (χ2n) is 8.24. The average Bonchev–Trinajstić information content (AvgIpc) is 3.23. The number of halogens is 4. The Bertz CT molecular complexity index is 1190. The maximum Gasteiger partial charge on any atom is 0.490 e. The van der Waals surface area contributed by atoms with Crippen LogP contribution >= 0.6 is 0 Å². The summed E-state index contributed by atoms with van der Waals surface area (Å²) < 4.78 is 72.7. The molecule has 0 aromatic heterocycles. The normalized spacial score (nSPS) is 21.6. The van der Waals surface area contributed by atoms with Gasteiger partial charge in [0.2, 0.25) is 15.9 Å². The van der Waals surface area contributed by atoms with Gasteiger partial charge < -0.3 is 10.0 Å². The van der Waals surface area contributed by atoms with Crippen LogP contribution in [0.15, 0.2) is 59.5 Å². The predicted molar refractivity (Wildman–Crippen MR) is 118 cm³/mol. The highest BCUT2D eigenvalue weighted by Gasteiger charge is 2.50. The number of anilines is 1. The van der Waals surface area contributed by atoms with Gasteiger partial charge in [0.25, 0.3) is 0 Å². The fraction of sp³-hybridized carbons (Fsp3) is 0.364. The van der Waals surface area contributed by atoms with Crippen molar-refractivity contribution in [1.29, 1.82) is 0 Å². The lowest BCUT2D eigenvalue weighted by molar-refractivity contribution is -0.192. The first-order chi connectivity index (χ1) is 16.3. The summed E-state index contributed by atoms with van der Waals surface area (Å²) in [6, 6.07) is 14.5. The SMILES string of the molecule is CN1CC(=O)N(c2ccccc2)CC12CCN(S(=O)(=O)c1cccc(F)c1)C2.O=C(O)C(F)(F)F. The lowest BCUT2D eigenvalue weighted by Crippen LogP contribution is -2.64. The summed E-state index contributed by atoms with van der Waals surface area (Å²) in [6.45, 7) is 1.24. The van der Waals surface area contributed by atoms with Crippen LogP contribution in [0.5, 0.6) is 0 Å². The summed E-state index contributed by atoms with van der Waals surface area (Å²) in [6.07, 6.45) is -4.48. The maximum absolute atomic E-state index is 13.5. The Labute approximate surface area is 199 Å². The van der Waals surface area contributed by atoms with Gasteiger partial charge in [-0.05, 0) is 43.8 Å². The number of likely N-dealkylation sites (N-methyl/N-ethyl adjacent to an activating group) is 1. The molecule has 0 saturated carbocycles. The van der Waals surface area contributed by atoms with E-state index in [1.165, 1.54) is 22.5 Å². The number of alkyl halides is 3. The molecule has 2 heterocycles. The number of nitrogens with zero attached hydrogens (tertiary/aromatic N) is 3. The van der Waals surface area contributed by atoms with Crippen LogP contribution in [0.3, 0.4) is 0 Å². The summed E-state index contributed by atoms with van der Waals surface area (Å²) in [5, 5.41) is 7.12. The molecule has 8 nitrogen and oxygen atoms in total. The van der Waals surface area contributed by atoms with Gasteiger partial charge >= 0.3 is 12.1 Å². The third-order valence-corrected chi connectivity index (χ3v) is 7.82. The molecule has 2 aliphatic rings. The van der Waals surface area contributed by atoms with Crippen LogP contribution in [0.2, 0.25) is 0 Å². The second-order valence-corrected chi connectivity index (χ2v) is 10.2. The van der Waals surface area contributed by atoms with E-state index in [9.17, 15) is 30.8 Å². The van der Waals surface area contributed by atoms with Gasteiger partial charge in [0, 0.05) is 25.3 Å². The van der Waals surface area contributed by atoms with Crippen molar-refractivity contribution in [3.8, 4) is 0 Å². The van der Waals surface area contributed by atoms with Gasteiger partial charge in [-0.1, -0.05) is 24.3 Å². The van der Waals surface area contributed by atoms with Crippen molar-refractivity contribution in [2.24, 2.45) is 0 Å². The van der Waals surface area contributed by atoms with Crippen molar-refractivity contribution in [1.82, 2.24) is 9.21 Å². The zero-order valence-corrected chi connectivity index (χ0v) is 19.4. The Kier molecular flexibility index (Phi) is 7.53. The number of carboxylic acids is 1. The molecule has 1 amide bonds. The van der Waals surface area contributed by atoms with Crippen molar-refractivity contribution in [3.63, 3.8) is 0 Å². The van der Waals surface area contributed by atoms with Gasteiger partial charge in [-0.3, -0.25) is 9.69 Å². The molecular formula is C22H23F4N3O5S. The van der Waals surface area contributed by atoms with E-state index in [1.807, 2.05) is 42.3 Å². The van der Waals surface area contributed by atoms with Crippen LogP contribution in [0.25, 0.3) is 0 Å². The molecule has 2 aromatic rings. The zero-order valence-electron chi connectivity index (χ0n) is 18.6. The van der Waals surface area contributed by atoms with Crippen LogP contribution in [0.4, 0.5) is 23.2 Å². The maximum atomic E-state index is 13.5. The van der Waals surface area contributed by atoms with Crippen LogP contribution < -0.4 is 4.90 Å². The molecule has 1 spiro atoms. The van der Waals surface area contributed by atoms with E-state index in [4.69, 9.17) is 9.90 Å². The second kappa shape index (κ2) is 9.91. The molecule has 0 radical (unpaired) electrons. The third-order valence-electron chi connectivity index (χ3n) is 5.98. The first-order valence-corrected chi connectivity index (χ1v) is 11.8. The van der Waals surface area contributed by atoms with Crippen molar-refractivity contribution >= 4 is 27.6 Å². The van der Waals surface area contributed by atoms with E-state index >= 15 is 0 Å². The summed E-state index contributed by atoms with van der Waals surface area (Å²) >= 11 is 0. The van der Waals surface area contributed by atoms with Crippen LogP contribution in [-0.4, -0.2) is 79.5 Å². The number of amides is 1. The number of carbonyl (C=O) groups excluding carboxylic acids is 1. The lowest BCUT2D eigenvalue weighted by atomic mass is 9.92. The quantitative estimate of drug-likeness (QED) is 0.629. The molecule has 0 bridgehead atoms. The minimum absolute atomic E-state index is 0.00855. The van der Waals surface area contributed by atoms with E-state index in [0.717, 1.165) is 11.8 Å². The Morgan fingerprint density at radius 1 is 1.06 bits per heavy atom. The van der Waals surface area contributed by atoms with Gasteiger partial charge in [0.15, 0.2) is 0 Å². The number of hydrogen-bond acceptors (Lipinski definition) is 5. The smallest absolute Gasteiger partial charge is 0.475 e. The summed E-state index contributed by atoms with van der Waals surface area (Å²) in [4.78, 5) is 25.1. The lowest BCUT2D eigenvalue weighted by Gasteiger charge is -2.46. The average molecular weight is 518 g/mol. The molecule has 35 heavy (non-hydrogen) atoms. The first kappa shape index (κ1) is 26.6. The van der Waals surface area contributed by atoms with E-state index in [1.54, 1.807) is 4.90 Å². The van der Waals surface area contributed by atoms with E-state index < -0.39 is 33.5 Å². The number of piperazine rings is 1. The minimum atomic E-state index is -5.08. The number of benzene rings is 2. The molecule has 2 aliphatic heterocycles. The highest BCUT2D eigenvalue weighted by atomic mass is 32.2. The topological polar surface area (TPSA) is 98.2 Å². The number of carboxylic acid groups (broad SMARTS) is 1. The van der Waals surface area contributed by atoms with E-state index in [0.29, 0.717) is 19.5 Å². The summed E-state index contributed by atoms with van der Waals surface area (Å²) in [5.41, 5.74) is 0.343. The first-order valence-electron chi connectivity index (χ1n) is 10.4. The van der Waals surface area contributed by atoms with Crippen molar-refractivity contribution in [2.75, 3.05) is 38.1 Å². The molecule has 1 atom stereocenters. The van der Waals surface area contributed by atoms with Gasteiger partial charge in [-0.2, -0.15) is 17.5 Å². The fourth-order valence-corrected chi connectivity index (χ4v) is 5.60. The minimum Gasteiger partial charge on any atom is -0.475 e. The Morgan fingerprint density at radius 2 is 1.69 bits per heavy atom. The molecule has 1 unspecified atom stereocenters. The number of sulfonamides is 1. The van der Waals surface area contributed by atoms with E-state index in [2.05, 4.69) is 0 Å². The Morgan fingerprint density at radius 3 is 2.26 bits per heavy atom. The molecule has 2 saturated heterocycles. The van der Waals surface area contributed by atoms with Gasteiger partial charge in [0.1, 0.15) is 5.82 Å². The monoisotopic (exact) mass is 517 g/mol. The standard InChI is InChI=1S/C20H22FN3O3S.C2HF3O2/c1-22-13-19(25)24(17-7-3-2-4-8-17)15-20(22)10-11-23(14-20)28(26,27)18-9-5-6-16(21)12-18;3-2(4,5)1(6)7/h2-9,12H,10-11,13-15H2,1H3;(H,6,7). The van der Waals surface area contributed by atoms with Crippen LogP contribution in [-0.2, 0) is 19.6 Å². The van der Waals surface area contributed by atoms with Crippen molar-refractivity contribution in [2.45, 2.75) is 23.0 Å². The molecule has 2 fully saturated rings. The molecule has 1 N–H and O–H groups in total.